The van der Waals surface area contributed by atoms with Gasteiger partial charge in [0.25, 0.3) is 5.91 Å². The molecule has 0 saturated carbocycles. The molecule has 0 spiro atoms. The van der Waals surface area contributed by atoms with Crippen LogP contribution in [0, 0.1) is 6.92 Å². The molecule has 128 valence electrons. The summed E-state index contributed by atoms with van der Waals surface area (Å²) in [6.07, 6.45) is 0. The number of hydrogen-bond donors (Lipinski definition) is 0. The molecule has 2 aromatic heterocycles. The first-order valence-electron chi connectivity index (χ1n) is 7.83. The van der Waals surface area contributed by atoms with Crippen LogP contribution in [-0.4, -0.2) is 35.4 Å². The molecule has 0 bridgehead atoms. The molecule has 1 aromatic carbocycles. The number of rotatable bonds is 5. The molecule has 3 aromatic rings. The van der Waals surface area contributed by atoms with Gasteiger partial charge in [-0.05, 0) is 41.4 Å². The molecule has 0 aliphatic heterocycles. The lowest BCUT2D eigenvalue weighted by atomic mass is 10.1. The van der Waals surface area contributed by atoms with Crippen LogP contribution in [0.1, 0.15) is 21.6 Å². The van der Waals surface area contributed by atoms with Gasteiger partial charge in [-0.25, -0.2) is 4.79 Å². The maximum Gasteiger partial charge on any atom is 0.339 e. The smallest absolute Gasteiger partial charge is 0.339 e. The zero-order chi connectivity index (χ0) is 17.8. The molecule has 0 fully saturated rings. The van der Waals surface area contributed by atoms with Crippen molar-refractivity contribution in [3.05, 3.63) is 64.0 Å². The molecule has 0 saturated heterocycles. The van der Waals surface area contributed by atoms with E-state index >= 15 is 0 Å². The average molecular weight is 354 g/mol. The average Bonchev–Trinajstić information content (AvgIpc) is 3.11. The largest absolute Gasteiger partial charge is 0.452 e. The molecule has 2 heterocycles. The number of esters is 1. The lowest BCUT2D eigenvalue weighted by Gasteiger charge is -2.16. The molecule has 25 heavy (non-hydrogen) atoms. The first kappa shape index (κ1) is 17.1. The number of para-hydroxylation sites is 1. The van der Waals surface area contributed by atoms with Gasteiger partial charge in [-0.3, -0.25) is 9.78 Å². The number of aromatic nitrogens is 1. The number of aryl methyl sites for hydroxylation is 1. The Morgan fingerprint density at radius 2 is 2.04 bits per heavy atom. The molecule has 6 heteroatoms. The number of benzene rings is 1. The third kappa shape index (κ3) is 4.03. The Bertz CT molecular complexity index is 906. The molecular weight excluding hydrogens is 336 g/mol. The number of thiophene rings is 1. The van der Waals surface area contributed by atoms with Crippen LogP contribution in [0.3, 0.4) is 0 Å². The Morgan fingerprint density at radius 1 is 1.24 bits per heavy atom. The minimum atomic E-state index is -0.515. The SMILES string of the molecule is Cc1cc(C(=O)OCC(=O)N(C)Cc2ccsc2)c2ccccc2n1. The van der Waals surface area contributed by atoms with Crippen LogP contribution >= 0.6 is 11.3 Å². The highest BCUT2D eigenvalue weighted by Crippen LogP contribution is 2.19. The summed E-state index contributed by atoms with van der Waals surface area (Å²) in [4.78, 5) is 30.6. The van der Waals surface area contributed by atoms with Crippen LogP contribution in [0.15, 0.2) is 47.2 Å². The van der Waals surface area contributed by atoms with Gasteiger partial charge in [0.05, 0.1) is 11.1 Å². The monoisotopic (exact) mass is 354 g/mol. The van der Waals surface area contributed by atoms with E-state index in [9.17, 15) is 9.59 Å². The quantitative estimate of drug-likeness (QED) is 0.659. The molecule has 0 N–H and O–H groups in total. The molecule has 0 aliphatic carbocycles. The van der Waals surface area contributed by atoms with E-state index in [1.54, 1.807) is 29.4 Å². The van der Waals surface area contributed by atoms with Gasteiger partial charge < -0.3 is 9.64 Å². The second-order valence-electron chi connectivity index (χ2n) is 5.79. The first-order chi connectivity index (χ1) is 12.0. The van der Waals surface area contributed by atoms with E-state index in [0.717, 1.165) is 22.2 Å². The third-order valence-electron chi connectivity index (χ3n) is 3.82. The van der Waals surface area contributed by atoms with Crippen molar-refractivity contribution < 1.29 is 14.3 Å². The van der Waals surface area contributed by atoms with Crippen molar-refractivity contribution in [2.24, 2.45) is 0 Å². The second kappa shape index (κ2) is 7.44. The zero-order valence-corrected chi connectivity index (χ0v) is 14.9. The van der Waals surface area contributed by atoms with Crippen LogP contribution < -0.4 is 0 Å². The highest BCUT2D eigenvalue weighted by molar-refractivity contribution is 7.07. The van der Waals surface area contributed by atoms with E-state index in [1.807, 2.05) is 48.0 Å². The number of nitrogens with zero attached hydrogens (tertiary/aromatic N) is 2. The van der Waals surface area contributed by atoms with E-state index in [1.165, 1.54) is 0 Å². The predicted molar refractivity (Wildman–Crippen MR) is 97.6 cm³/mol. The Labute approximate surface area is 149 Å². The summed E-state index contributed by atoms with van der Waals surface area (Å²) in [5, 5.41) is 4.67. The minimum absolute atomic E-state index is 0.241. The van der Waals surface area contributed by atoms with Crippen LogP contribution in [0.25, 0.3) is 10.9 Å². The van der Waals surface area contributed by atoms with Crippen molar-refractivity contribution >= 4 is 34.1 Å². The summed E-state index contributed by atoms with van der Waals surface area (Å²) >= 11 is 1.58. The summed E-state index contributed by atoms with van der Waals surface area (Å²) < 4.78 is 5.24. The Kier molecular flexibility index (Phi) is 5.09. The van der Waals surface area contributed by atoms with Crippen molar-refractivity contribution in [3.8, 4) is 0 Å². The molecule has 0 atom stereocenters. The van der Waals surface area contributed by atoms with Crippen LogP contribution in [0.5, 0.6) is 0 Å². The topological polar surface area (TPSA) is 59.5 Å². The van der Waals surface area contributed by atoms with Gasteiger partial charge in [0.15, 0.2) is 6.61 Å². The lowest BCUT2D eigenvalue weighted by molar-refractivity contribution is -0.133. The van der Waals surface area contributed by atoms with Gasteiger partial charge in [0, 0.05) is 24.7 Å². The van der Waals surface area contributed by atoms with Crippen molar-refractivity contribution in [2.75, 3.05) is 13.7 Å². The van der Waals surface area contributed by atoms with Crippen LogP contribution in [0.4, 0.5) is 0 Å². The number of carbonyl (C=O) groups is 2. The fraction of sp³-hybridized carbons (Fsp3) is 0.211. The maximum atomic E-state index is 12.4. The maximum absolute atomic E-state index is 12.4. The van der Waals surface area contributed by atoms with Gasteiger partial charge in [-0.1, -0.05) is 18.2 Å². The van der Waals surface area contributed by atoms with Crippen molar-refractivity contribution in [1.29, 1.82) is 0 Å². The highest BCUT2D eigenvalue weighted by Gasteiger charge is 2.16. The van der Waals surface area contributed by atoms with E-state index in [-0.39, 0.29) is 12.5 Å². The standard InChI is InChI=1S/C19H18N2O3S/c1-13-9-16(15-5-3-4-6-17(15)20-13)19(23)24-11-18(22)21(2)10-14-7-8-25-12-14/h3-9,12H,10-11H2,1-2H3. The fourth-order valence-corrected chi connectivity index (χ4v) is 3.20. The molecule has 3 rings (SSSR count). The lowest BCUT2D eigenvalue weighted by Crippen LogP contribution is -2.30. The molecule has 1 amide bonds. The van der Waals surface area contributed by atoms with Gasteiger partial charge in [0.2, 0.25) is 0 Å². The second-order valence-corrected chi connectivity index (χ2v) is 6.57. The van der Waals surface area contributed by atoms with Gasteiger partial charge >= 0.3 is 5.97 Å². The highest BCUT2D eigenvalue weighted by atomic mass is 32.1. The molecule has 5 nitrogen and oxygen atoms in total. The van der Waals surface area contributed by atoms with Gasteiger partial charge in [-0.15, -0.1) is 0 Å². The summed E-state index contributed by atoms with van der Waals surface area (Å²) in [6.45, 7) is 2.04. The molecule has 0 radical (unpaired) electrons. The number of carbonyl (C=O) groups excluding carboxylic acids is 2. The minimum Gasteiger partial charge on any atom is -0.452 e. The summed E-state index contributed by atoms with van der Waals surface area (Å²) in [5.41, 5.74) is 2.95. The molecular formula is C19H18N2O3S. The predicted octanol–water partition coefficient (Wildman–Crippen LogP) is 3.42. The number of pyridine rings is 1. The summed E-state index contributed by atoms with van der Waals surface area (Å²) in [7, 11) is 1.69. The Morgan fingerprint density at radius 3 is 2.80 bits per heavy atom. The zero-order valence-electron chi connectivity index (χ0n) is 14.1. The Hall–Kier alpha value is -2.73. The summed E-state index contributed by atoms with van der Waals surface area (Å²) in [6, 6.07) is 11.0. The van der Waals surface area contributed by atoms with E-state index in [4.69, 9.17) is 4.74 Å². The third-order valence-corrected chi connectivity index (χ3v) is 4.55. The normalized spacial score (nSPS) is 10.6. The van der Waals surface area contributed by atoms with E-state index < -0.39 is 5.97 Å². The van der Waals surface area contributed by atoms with Gasteiger partial charge in [-0.2, -0.15) is 11.3 Å². The van der Waals surface area contributed by atoms with Crippen molar-refractivity contribution in [3.63, 3.8) is 0 Å². The number of amides is 1. The number of fused-ring (bicyclic) bond motifs is 1. The Balaban J connectivity index is 1.67. The number of hydrogen-bond acceptors (Lipinski definition) is 5. The fourth-order valence-electron chi connectivity index (χ4n) is 2.54. The number of ether oxygens (including phenoxy) is 1. The van der Waals surface area contributed by atoms with E-state index in [2.05, 4.69) is 4.98 Å². The van der Waals surface area contributed by atoms with Crippen LogP contribution in [-0.2, 0) is 16.1 Å². The number of likely N-dealkylation sites (N-methyl/N-ethyl adjacent to an activating group) is 1. The van der Waals surface area contributed by atoms with Crippen molar-refractivity contribution in [1.82, 2.24) is 9.88 Å². The summed E-state index contributed by atoms with van der Waals surface area (Å²) in [5.74, 6) is -0.756. The molecule has 0 aliphatic rings. The van der Waals surface area contributed by atoms with E-state index in [0.29, 0.717) is 12.1 Å². The van der Waals surface area contributed by atoms with Crippen molar-refractivity contribution in [2.45, 2.75) is 13.5 Å². The first-order valence-corrected chi connectivity index (χ1v) is 8.77. The van der Waals surface area contributed by atoms with Gasteiger partial charge in [0.1, 0.15) is 0 Å². The molecule has 0 unspecified atom stereocenters. The van der Waals surface area contributed by atoms with Crippen LogP contribution in [0.2, 0.25) is 0 Å².